The van der Waals surface area contributed by atoms with E-state index in [1.165, 1.54) is 83.5 Å². The molecule has 0 amide bonds. The second-order valence-electron chi connectivity index (χ2n) is 19.2. The molecule has 0 aromatic rings. The molecule has 9 nitrogen and oxygen atoms in total. The number of esters is 2. The Morgan fingerprint density at radius 1 is 0.471 bits per heavy atom. The molecular weight excluding hydrogens is 870 g/mol. The van der Waals surface area contributed by atoms with Crippen LogP contribution in [0.4, 0.5) is 0 Å². The van der Waals surface area contributed by atoms with E-state index in [1.54, 1.807) is 0 Å². The number of nitrogens with zero attached hydrogens (tertiary/aromatic N) is 1. The maximum atomic E-state index is 12.8. The smallest absolute Gasteiger partial charge is 0.462 e. The molecule has 0 aromatic heterocycles. The van der Waals surface area contributed by atoms with Crippen LogP contribution >= 0.6 is 7.82 Å². The van der Waals surface area contributed by atoms with Gasteiger partial charge in [-0.3, -0.25) is 18.6 Å². The van der Waals surface area contributed by atoms with Gasteiger partial charge in [-0.25, -0.2) is 4.57 Å². The number of phosphoric ester groups is 1. The van der Waals surface area contributed by atoms with Crippen molar-refractivity contribution in [2.75, 3.05) is 47.5 Å². The van der Waals surface area contributed by atoms with Gasteiger partial charge in [0.2, 0.25) is 0 Å². The van der Waals surface area contributed by atoms with Crippen LogP contribution in [0, 0.1) is 0 Å². The summed E-state index contributed by atoms with van der Waals surface area (Å²) in [4.78, 5) is 35.6. The highest BCUT2D eigenvalue weighted by atomic mass is 31.2. The van der Waals surface area contributed by atoms with Gasteiger partial charge in [0.1, 0.15) is 19.8 Å². The van der Waals surface area contributed by atoms with Crippen LogP contribution in [0.1, 0.15) is 219 Å². The third kappa shape index (κ3) is 52.6. The molecule has 0 spiro atoms. The van der Waals surface area contributed by atoms with E-state index in [0.29, 0.717) is 17.4 Å². The first kappa shape index (κ1) is 65.2. The molecule has 0 aliphatic heterocycles. The van der Waals surface area contributed by atoms with Crippen LogP contribution in [0.2, 0.25) is 0 Å². The summed E-state index contributed by atoms with van der Waals surface area (Å²) in [5.74, 6) is -0.814. The zero-order chi connectivity index (χ0) is 49.9. The summed E-state index contributed by atoms with van der Waals surface area (Å²) in [5, 5.41) is 0. The zero-order valence-electron chi connectivity index (χ0n) is 44.3. The van der Waals surface area contributed by atoms with Crippen LogP contribution in [-0.2, 0) is 32.7 Å². The van der Waals surface area contributed by atoms with Crippen LogP contribution < -0.4 is 0 Å². The summed E-state index contributed by atoms with van der Waals surface area (Å²) in [7, 11) is 1.46. The number of rotatable bonds is 49. The lowest BCUT2D eigenvalue weighted by molar-refractivity contribution is -0.870. The first-order chi connectivity index (χ1) is 33.0. The number of unbranched alkanes of at least 4 members (excludes halogenated alkanes) is 21. The molecule has 0 radical (unpaired) electrons. The van der Waals surface area contributed by atoms with Gasteiger partial charge < -0.3 is 18.9 Å². The molecule has 0 saturated heterocycles. The van der Waals surface area contributed by atoms with Gasteiger partial charge in [-0.2, -0.15) is 0 Å². The van der Waals surface area contributed by atoms with Crippen molar-refractivity contribution in [1.29, 1.82) is 0 Å². The third-order valence-electron chi connectivity index (χ3n) is 11.4. The monoisotopic (exact) mass is 973 g/mol. The summed E-state index contributed by atoms with van der Waals surface area (Å²) >= 11 is 0. The van der Waals surface area contributed by atoms with Crippen LogP contribution in [-0.4, -0.2) is 74.9 Å². The fraction of sp³-hybridized carbons (Fsp3) is 0.724. The van der Waals surface area contributed by atoms with Crippen molar-refractivity contribution in [2.45, 2.75) is 225 Å². The molecule has 392 valence electrons. The highest BCUT2D eigenvalue weighted by Crippen LogP contribution is 2.43. The molecule has 2 atom stereocenters. The van der Waals surface area contributed by atoms with Gasteiger partial charge in [0.15, 0.2) is 6.10 Å². The largest absolute Gasteiger partial charge is 0.472 e. The fourth-order valence-electron chi connectivity index (χ4n) is 7.19. The molecule has 0 aliphatic rings. The molecule has 0 aliphatic carbocycles. The number of quaternary nitrogens is 1. The van der Waals surface area contributed by atoms with E-state index in [1.807, 2.05) is 21.1 Å². The second kappa shape index (κ2) is 49.2. The van der Waals surface area contributed by atoms with Crippen molar-refractivity contribution in [3.05, 3.63) is 85.1 Å². The van der Waals surface area contributed by atoms with Crippen LogP contribution in [0.15, 0.2) is 85.1 Å². The molecule has 0 fully saturated rings. The van der Waals surface area contributed by atoms with E-state index in [0.717, 1.165) is 103 Å². The molecule has 0 rings (SSSR count). The average Bonchev–Trinajstić information content (AvgIpc) is 3.30. The molecule has 0 aromatic carbocycles. The molecule has 0 heterocycles. The summed E-state index contributed by atoms with van der Waals surface area (Å²) in [6, 6.07) is 0. The molecule has 1 N–H and O–H groups in total. The van der Waals surface area contributed by atoms with E-state index >= 15 is 0 Å². The zero-order valence-corrected chi connectivity index (χ0v) is 45.2. The van der Waals surface area contributed by atoms with Crippen molar-refractivity contribution < 1.29 is 42.1 Å². The minimum Gasteiger partial charge on any atom is -0.462 e. The van der Waals surface area contributed by atoms with Gasteiger partial charge in [0.25, 0.3) is 0 Å². The number of hydrogen-bond donors (Lipinski definition) is 1. The highest BCUT2D eigenvalue weighted by Gasteiger charge is 2.27. The summed E-state index contributed by atoms with van der Waals surface area (Å²) < 4.78 is 34.5. The lowest BCUT2D eigenvalue weighted by atomic mass is 10.0. The third-order valence-corrected chi connectivity index (χ3v) is 12.4. The topological polar surface area (TPSA) is 108 Å². The van der Waals surface area contributed by atoms with Gasteiger partial charge in [-0.15, -0.1) is 0 Å². The Bertz CT molecular complexity index is 1420. The maximum Gasteiger partial charge on any atom is 0.472 e. The van der Waals surface area contributed by atoms with Crippen molar-refractivity contribution >= 4 is 19.8 Å². The lowest BCUT2D eigenvalue weighted by Crippen LogP contribution is -2.37. The standard InChI is InChI=1S/C58H102NO8P/c1-6-8-10-12-14-16-18-20-22-23-24-25-26-27-28-29-30-31-32-33-34-35-37-39-41-43-45-47-49-51-58(61)67-56(55-66-68(62,63)65-53-52-59(3,4)5)54-64-57(60)50-48-46-44-42-40-38-36-21-19-17-15-13-11-9-7-2/h8,10,14,16,20-22,24-25,27-28,30-31,36,56H,6-7,9,11-13,15,17-19,23,26,29,32-35,37-55H2,1-5H3/p+1/b10-8-,16-14-,22-20-,25-24-,28-27-,31-30-,36-21-. The molecule has 0 saturated carbocycles. The predicted molar refractivity (Wildman–Crippen MR) is 289 cm³/mol. The van der Waals surface area contributed by atoms with Gasteiger partial charge >= 0.3 is 19.8 Å². The Labute approximate surface area is 418 Å². The number of likely N-dealkylation sites (N-methyl/N-ethyl adjacent to an activating group) is 1. The van der Waals surface area contributed by atoms with Gasteiger partial charge in [-0.1, -0.05) is 202 Å². The maximum absolute atomic E-state index is 12.8. The van der Waals surface area contributed by atoms with Gasteiger partial charge in [-0.05, 0) is 89.9 Å². The number of ether oxygens (including phenoxy) is 2. The Morgan fingerprint density at radius 3 is 1.26 bits per heavy atom. The van der Waals surface area contributed by atoms with E-state index < -0.39 is 26.5 Å². The summed E-state index contributed by atoms with van der Waals surface area (Å²) in [6.07, 6.45) is 65.0. The van der Waals surface area contributed by atoms with Crippen molar-refractivity contribution in [3.63, 3.8) is 0 Å². The van der Waals surface area contributed by atoms with Crippen molar-refractivity contribution in [3.8, 4) is 0 Å². The molecular formula is C58H103NO8P+. The molecule has 2 unspecified atom stereocenters. The average molecular weight is 973 g/mol. The molecule has 68 heavy (non-hydrogen) atoms. The van der Waals surface area contributed by atoms with Crippen LogP contribution in [0.3, 0.4) is 0 Å². The normalized spacial score (nSPS) is 14.0. The van der Waals surface area contributed by atoms with Gasteiger partial charge in [0.05, 0.1) is 27.7 Å². The Morgan fingerprint density at radius 2 is 0.838 bits per heavy atom. The first-order valence-electron chi connectivity index (χ1n) is 27.3. The Balaban J connectivity index is 4.20. The number of carbonyl (C=O) groups excluding carboxylic acids is 2. The van der Waals surface area contributed by atoms with Crippen molar-refractivity contribution in [2.24, 2.45) is 0 Å². The minimum atomic E-state index is -4.39. The predicted octanol–water partition coefficient (Wildman–Crippen LogP) is 16.7. The number of hydrogen-bond acceptors (Lipinski definition) is 7. The number of phosphoric acid groups is 1. The Hall–Kier alpha value is -2.81. The number of allylic oxidation sites excluding steroid dienone is 14. The first-order valence-corrected chi connectivity index (χ1v) is 28.8. The summed E-state index contributed by atoms with van der Waals surface area (Å²) in [6.45, 7) is 4.29. The minimum absolute atomic E-state index is 0.0262. The van der Waals surface area contributed by atoms with Crippen LogP contribution in [0.25, 0.3) is 0 Å². The fourth-order valence-corrected chi connectivity index (χ4v) is 7.93. The van der Waals surface area contributed by atoms with Crippen molar-refractivity contribution in [1.82, 2.24) is 0 Å². The van der Waals surface area contributed by atoms with E-state index in [2.05, 4.69) is 98.9 Å². The van der Waals surface area contributed by atoms with Crippen LogP contribution in [0.5, 0.6) is 0 Å². The summed E-state index contributed by atoms with van der Waals surface area (Å²) in [5.41, 5.74) is 0. The molecule has 10 heteroatoms. The highest BCUT2D eigenvalue weighted by molar-refractivity contribution is 7.47. The number of carbonyl (C=O) groups is 2. The quantitative estimate of drug-likeness (QED) is 0.0211. The second-order valence-corrected chi connectivity index (χ2v) is 20.7. The van der Waals surface area contributed by atoms with E-state index in [9.17, 15) is 19.0 Å². The lowest BCUT2D eigenvalue weighted by Gasteiger charge is -2.24. The Kier molecular flexibility index (Phi) is 47.2. The SMILES string of the molecule is CC/C=C\C/C=C\C/C=C\C/C=C\C/C=C\C/C=C\CCCCCCCCCCCCC(=O)OC(COC(=O)CCCCCCC/C=C\CCCCCCCC)COP(=O)(O)OCC[N+](C)(C)C. The van der Waals surface area contributed by atoms with E-state index in [-0.39, 0.29) is 32.0 Å². The van der Waals surface area contributed by atoms with E-state index in [4.69, 9.17) is 18.5 Å². The molecule has 0 bridgehead atoms. The van der Waals surface area contributed by atoms with Gasteiger partial charge in [0, 0.05) is 12.8 Å².